The summed E-state index contributed by atoms with van der Waals surface area (Å²) < 4.78 is 12.8. The second kappa shape index (κ2) is 2.68. The minimum Gasteiger partial charge on any atom is -0.247 e. The van der Waals surface area contributed by atoms with Gasteiger partial charge in [0.2, 0.25) is 0 Å². The van der Waals surface area contributed by atoms with Gasteiger partial charge in [-0.25, -0.2) is 4.39 Å². The molecular weight excluding hydrogens is 115 g/mol. The van der Waals surface area contributed by atoms with Crippen molar-refractivity contribution >= 4 is 0 Å². The molecule has 9 heavy (non-hydrogen) atoms. The van der Waals surface area contributed by atoms with E-state index in [1.54, 1.807) is 0 Å². The molecule has 1 heteroatoms. The van der Waals surface area contributed by atoms with Crippen LogP contribution in [-0.4, -0.2) is 6.17 Å². The molecule has 0 N–H and O–H groups in total. The number of halogens is 1. The highest BCUT2D eigenvalue weighted by Gasteiger charge is 2.24. The highest BCUT2D eigenvalue weighted by Crippen LogP contribution is 2.30. The van der Waals surface area contributed by atoms with E-state index in [4.69, 9.17) is 0 Å². The van der Waals surface area contributed by atoms with Gasteiger partial charge in [0, 0.05) is 0 Å². The Morgan fingerprint density at radius 1 is 1.22 bits per heavy atom. The van der Waals surface area contributed by atoms with Gasteiger partial charge >= 0.3 is 0 Å². The van der Waals surface area contributed by atoms with E-state index in [0.29, 0.717) is 11.8 Å². The molecule has 3 atom stereocenters. The molecule has 1 fully saturated rings. The molecule has 1 aliphatic rings. The molecule has 0 aromatic carbocycles. The molecule has 0 aliphatic heterocycles. The molecule has 0 aromatic rings. The molecule has 0 spiro atoms. The molecule has 0 amide bonds. The Balaban J connectivity index is 2.35. The topological polar surface area (TPSA) is 0 Å². The van der Waals surface area contributed by atoms with Gasteiger partial charge in [-0.3, -0.25) is 0 Å². The van der Waals surface area contributed by atoms with E-state index in [1.165, 1.54) is 6.42 Å². The maximum Gasteiger partial charge on any atom is 0.103 e. The van der Waals surface area contributed by atoms with Gasteiger partial charge in [-0.2, -0.15) is 0 Å². The van der Waals surface area contributed by atoms with E-state index >= 15 is 0 Å². The molecule has 1 unspecified atom stereocenters. The third-order valence-corrected chi connectivity index (χ3v) is 2.36. The third kappa shape index (κ3) is 1.67. The number of hydrogen-bond donors (Lipinski definition) is 0. The van der Waals surface area contributed by atoms with E-state index in [2.05, 4.69) is 6.92 Å². The smallest absolute Gasteiger partial charge is 0.103 e. The largest absolute Gasteiger partial charge is 0.247 e. The Labute approximate surface area is 56.5 Å². The van der Waals surface area contributed by atoms with Crippen LogP contribution in [0, 0.1) is 11.8 Å². The van der Waals surface area contributed by atoms with Gasteiger partial charge in [-0.1, -0.05) is 20.3 Å². The minimum absolute atomic E-state index is 0.321. The van der Waals surface area contributed by atoms with Crippen LogP contribution in [0.1, 0.15) is 33.1 Å². The lowest BCUT2D eigenvalue weighted by Gasteiger charge is -2.26. The zero-order valence-electron chi connectivity index (χ0n) is 6.23. The van der Waals surface area contributed by atoms with E-state index in [9.17, 15) is 4.39 Å². The molecule has 1 saturated carbocycles. The first-order chi connectivity index (χ1) is 4.20. The molecule has 0 saturated heterocycles. The number of rotatable bonds is 0. The van der Waals surface area contributed by atoms with Crippen LogP contribution >= 0.6 is 0 Å². The van der Waals surface area contributed by atoms with Crippen molar-refractivity contribution < 1.29 is 4.39 Å². The molecule has 54 valence electrons. The van der Waals surface area contributed by atoms with Crippen LogP contribution in [0.25, 0.3) is 0 Å². The lowest BCUT2D eigenvalue weighted by Crippen LogP contribution is -2.22. The Kier molecular flexibility index (Phi) is 2.09. The highest BCUT2D eigenvalue weighted by molar-refractivity contribution is 4.74. The van der Waals surface area contributed by atoms with E-state index < -0.39 is 6.17 Å². The van der Waals surface area contributed by atoms with Crippen LogP contribution in [0.5, 0.6) is 0 Å². The van der Waals surface area contributed by atoms with Crippen molar-refractivity contribution in [2.75, 3.05) is 0 Å². The van der Waals surface area contributed by atoms with Crippen LogP contribution in [-0.2, 0) is 0 Å². The average Bonchev–Trinajstić information content (AvgIpc) is 1.80. The summed E-state index contributed by atoms with van der Waals surface area (Å²) in [5, 5.41) is 0. The summed E-state index contributed by atoms with van der Waals surface area (Å²) in [6.45, 7) is 4.15. The first kappa shape index (κ1) is 7.04. The van der Waals surface area contributed by atoms with E-state index in [1.807, 2.05) is 6.92 Å². The Bertz CT molecular complexity index is 90.6. The van der Waals surface area contributed by atoms with Crippen molar-refractivity contribution in [3.63, 3.8) is 0 Å². The molecule has 0 nitrogen and oxygen atoms in total. The zero-order valence-corrected chi connectivity index (χ0v) is 6.23. The van der Waals surface area contributed by atoms with Crippen molar-refractivity contribution in [3.8, 4) is 0 Å². The predicted molar refractivity (Wildman–Crippen MR) is 37.1 cm³/mol. The Hall–Kier alpha value is -0.0700. The second-order valence-electron chi connectivity index (χ2n) is 3.41. The van der Waals surface area contributed by atoms with Crippen LogP contribution in [0.4, 0.5) is 4.39 Å². The quantitative estimate of drug-likeness (QED) is 0.473. The van der Waals surface area contributed by atoms with E-state index in [-0.39, 0.29) is 0 Å². The van der Waals surface area contributed by atoms with Crippen LogP contribution < -0.4 is 0 Å². The van der Waals surface area contributed by atoms with Gasteiger partial charge < -0.3 is 0 Å². The lowest BCUT2D eigenvalue weighted by molar-refractivity contribution is 0.145. The van der Waals surface area contributed by atoms with Crippen LogP contribution in [0.2, 0.25) is 0 Å². The van der Waals surface area contributed by atoms with Crippen LogP contribution in [0.15, 0.2) is 0 Å². The molecule has 0 aromatic heterocycles. The molecule has 0 bridgehead atoms. The molecular formula is C8H15F. The van der Waals surface area contributed by atoms with Gasteiger partial charge in [-0.05, 0) is 24.7 Å². The number of alkyl halides is 1. The van der Waals surface area contributed by atoms with E-state index in [0.717, 1.165) is 12.8 Å². The second-order valence-corrected chi connectivity index (χ2v) is 3.41. The summed E-state index contributed by atoms with van der Waals surface area (Å²) >= 11 is 0. The third-order valence-electron chi connectivity index (χ3n) is 2.36. The molecule has 0 radical (unpaired) electrons. The maximum atomic E-state index is 12.8. The minimum atomic E-state index is -0.520. The fraction of sp³-hybridized carbons (Fsp3) is 1.00. The fourth-order valence-corrected chi connectivity index (χ4v) is 1.46. The SMILES string of the molecule is C[C@H]1CC[C@@H](C)C(F)C1. The normalized spacial score (nSPS) is 45.0. The zero-order chi connectivity index (χ0) is 6.85. The van der Waals surface area contributed by atoms with Crippen LogP contribution in [0.3, 0.4) is 0 Å². The first-order valence-electron chi connectivity index (χ1n) is 3.84. The predicted octanol–water partition coefficient (Wildman–Crippen LogP) is 2.78. The standard InChI is InChI=1S/C8H15F/c1-6-3-4-7(2)8(9)5-6/h6-8H,3-5H2,1-2H3/t6-,7+,8?/m0/s1. The fourth-order valence-electron chi connectivity index (χ4n) is 1.46. The Morgan fingerprint density at radius 2 is 1.89 bits per heavy atom. The van der Waals surface area contributed by atoms with Crippen molar-refractivity contribution in [1.29, 1.82) is 0 Å². The summed E-state index contributed by atoms with van der Waals surface area (Å²) in [6.07, 6.45) is 2.58. The summed E-state index contributed by atoms with van der Waals surface area (Å²) in [6, 6.07) is 0. The van der Waals surface area contributed by atoms with Gasteiger partial charge in [0.1, 0.15) is 6.17 Å². The lowest BCUT2D eigenvalue weighted by atomic mass is 9.83. The van der Waals surface area contributed by atoms with Gasteiger partial charge in [0.15, 0.2) is 0 Å². The van der Waals surface area contributed by atoms with Crippen molar-refractivity contribution in [2.45, 2.75) is 39.3 Å². The summed E-state index contributed by atoms with van der Waals surface area (Å²) in [5.74, 6) is 0.942. The number of hydrogen-bond acceptors (Lipinski definition) is 0. The van der Waals surface area contributed by atoms with Crippen molar-refractivity contribution in [1.82, 2.24) is 0 Å². The average molecular weight is 130 g/mol. The highest BCUT2D eigenvalue weighted by atomic mass is 19.1. The van der Waals surface area contributed by atoms with Gasteiger partial charge in [-0.15, -0.1) is 0 Å². The molecule has 1 rings (SSSR count). The van der Waals surface area contributed by atoms with Crippen molar-refractivity contribution in [3.05, 3.63) is 0 Å². The van der Waals surface area contributed by atoms with Gasteiger partial charge in [0.05, 0.1) is 0 Å². The first-order valence-corrected chi connectivity index (χ1v) is 3.84. The summed E-state index contributed by atoms with van der Waals surface area (Å²) in [5.41, 5.74) is 0. The Morgan fingerprint density at radius 3 is 2.33 bits per heavy atom. The van der Waals surface area contributed by atoms with Crippen molar-refractivity contribution in [2.24, 2.45) is 11.8 Å². The monoisotopic (exact) mass is 130 g/mol. The molecule has 0 heterocycles. The maximum absolute atomic E-state index is 12.8. The molecule has 1 aliphatic carbocycles. The summed E-state index contributed by atoms with van der Waals surface area (Å²) in [4.78, 5) is 0. The van der Waals surface area contributed by atoms with Gasteiger partial charge in [0.25, 0.3) is 0 Å². The summed E-state index contributed by atoms with van der Waals surface area (Å²) in [7, 11) is 0.